The first-order valence-electron chi connectivity index (χ1n) is 17.4. The molecule has 0 radical (unpaired) electrons. The van der Waals surface area contributed by atoms with E-state index < -0.39 is 0 Å². The molecule has 2 unspecified atom stereocenters. The van der Waals surface area contributed by atoms with Gasteiger partial charge in [0.05, 0.1) is 5.70 Å². The summed E-state index contributed by atoms with van der Waals surface area (Å²) in [5.74, 6) is 0.690. The van der Waals surface area contributed by atoms with Crippen molar-refractivity contribution in [2.75, 3.05) is 4.90 Å². The molecule has 1 heterocycles. The summed E-state index contributed by atoms with van der Waals surface area (Å²) in [5, 5.41) is 0. The predicted octanol–water partition coefficient (Wildman–Crippen LogP) is 11.5. The summed E-state index contributed by atoms with van der Waals surface area (Å²) in [6.45, 7) is 0. The Labute approximate surface area is 293 Å². The molecule has 3 nitrogen and oxygen atoms in total. The van der Waals surface area contributed by atoms with Crippen molar-refractivity contribution in [1.29, 1.82) is 0 Å². The average Bonchev–Trinajstić information content (AvgIpc) is 3.64. The van der Waals surface area contributed by atoms with Gasteiger partial charge in [-0.15, -0.1) is 0 Å². The predicted molar refractivity (Wildman–Crippen MR) is 207 cm³/mol. The van der Waals surface area contributed by atoms with Crippen molar-refractivity contribution in [3.63, 3.8) is 0 Å². The molecule has 50 heavy (non-hydrogen) atoms. The Morgan fingerprint density at radius 2 is 1.08 bits per heavy atom. The van der Waals surface area contributed by atoms with Gasteiger partial charge in [-0.2, -0.15) is 0 Å². The monoisotopic (exact) mass is 644 g/mol. The van der Waals surface area contributed by atoms with Gasteiger partial charge in [-0.1, -0.05) is 152 Å². The summed E-state index contributed by atoms with van der Waals surface area (Å²) in [4.78, 5) is 7.70. The second kappa shape index (κ2) is 13.0. The quantitative estimate of drug-likeness (QED) is 0.173. The van der Waals surface area contributed by atoms with E-state index in [1.165, 1.54) is 50.2 Å². The van der Waals surface area contributed by atoms with Crippen molar-refractivity contribution in [3.8, 4) is 22.3 Å². The van der Waals surface area contributed by atoms with Gasteiger partial charge >= 0.3 is 0 Å². The number of hydrogen-bond donors (Lipinski definition) is 0. The number of ether oxygens (including phenoxy) is 1. The van der Waals surface area contributed by atoms with Crippen LogP contribution in [0.2, 0.25) is 0 Å². The summed E-state index contributed by atoms with van der Waals surface area (Å²) in [7, 11) is 0. The number of rotatable bonds is 7. The van der Waals surface area contributed by atoms with Gasteiger partial charge in [-0.3, -0.25) is 0 Å². The van der Waals surface area contributed by atoms with Gasteiger partial charge in [0.2, 0.25) is 5.90 Å². The van der Waals surface area contributed by atoms with Gasteiger partial charge in [-0.25, -0.2) is 4.99 Å². The highest BCUT2D eigenvalue weighted by Gasteiger charge is 2.39. The first kappa shape index (κ1) is 29.9. The van der Waals surface area contributed by atoms with Crippen LogP contribution in [0.25, 0.3) is 33.5 Å². The molecule has 0 saturated carbocycles. The van der Waals surface area contributed by atoms with Crippen LogP contribution in [0, 0.1) is 0 Å². The number of hydrogen-bond acceptors (Lipinski definition) is 3. The average molecular weight is 645 g/mol. The Hall–Kier alpha value is -6.19. The van der Waals surface area contributed by atoms with Crippen LogP contribution < -0.4 is 4.90 Å². The van der Waals surface area contributed by atoms with Crippen LogP contribution >= 0.6 is 0 Å². The lowest BCUT2D eigenvalue weighted by Crippen LogP contribution is -2.29. The molecular weight excluding hydrogens is 609 g/mol. The van der Waals surface area contributed by atoms with Crippen LogP contribution in [-0.4, -0.2) is 12.0 Å². The Balaban J connectivity index is 1.15. The van der Waals surface area contributed by atoms with E-state index in [9.17, 15) is 0 Å². The summed E-state index contributed by atoms with van der Waals surface area (Å²) < 4.78 is 6.76. The first-order chi connectivity index (χ1) is 24.8. The zero-order valence-electron chi connectivity index (χ0n) is 27.7. The molecule has 0 N–H and O–H groups in total. The summed E-state index contributed by atoms with van der Waals surface area (Å²) >= 11 is 0. The van der Waals surface area contributed by atoms with Crippen LogP contribution in [-0.2, 0) is 4.74 Å². The van der Waals surface area contributed by atoms with E-state index in [4.69, 9.17) is 9.73 Å². The number of anilines is 1. The SMILES string of the molecule is C1=CC(c2ccccc2)=C(N(C2=CC3OC(c4ccc(-c5ccccc5)cc4)=NC3c3ccccc32)c2ccc(-c3ccccc3)cc2)CC1. The highest BCUT2D eigenvalue weighted by molar-refractivity contribution is 5.98. The van der Waals surface area contributed by atoms with Gasteiger partial charge in [0.25, 0.3) is 0 Å². The third kappa shape index (κ3) is 5.57. The second-order valence-corrected chi connectivity index (χ2v) is 13.0. The van der Waals surface area contributed by atoms with Crippen LogP contribution in [0.15, 0.2) is 193 Å². The van der Waals surface area contributed by atoms with Gasteiger partial charge in [0.15, 0.2) is 0 Å². The smallest absolute Gasteiger partial charge is 0.217 e. The largest absolute Gasteiger partial charge is 0.467 e. The summed E-state index contributed by atoms with van der Waals surface area (Å²) in [6.07, 6.45) is 8.57. The normalized spacial score (nSPS) is 17.7. The molecule has 3 aliphatic rings. The first-order valence-corrected chi connectivity index (χ1v) is 17.4. The lowest BCUT2D eigenvalue weighted by atomic mass is 9.87. The fourth-order valence-electron chi connectivity index (χ4n) is 7.44. The Morgan fingerprint density at radius 1 is 0.540 bits per heavy atom. The van der Waals surface area contributed by atoms with Gasteiger partial charge in [0, 0.05) is 28.1 Å². The maximum absolute atomic E-state index is 6.76. The zero-order valence-corrected chi connectivity index (χ0v) is 27.7. The van der Waals surface area contributed by atoms with E-state index in [2.05, 4.69) is 181 Å². The van der Waals surface area contributed by atoms with E-state index >= 15 is 0 Å². The number of fused-ring (bicyclic) bond motifs is 3. The van der Waals surface area contributed by atoms with Crippen molar-refractivity contribution >= 4 is 22.9 Å². The number of nitrogens with zero attached hydrogens (tertiary/aromatic N) is 2. The van der Waals surface area contributed by atoms with Crippen LogP contribution in [0.4, 0.5) is 5.69 Å². The van der Waals surface area contributed by atoms with Crippen molar-refractivity contribution in [2.45, 2.75) is 25.0 Å². The molecule has 3 heteroatoms. The highest BCUT2D eigenvalue weighted by atomic mass is 16.5. The molecule has 1 aliphatic heterocycles. The van der Waals surface area contributed by atoms with E-state index in [0.717, 1.165) is 29.8 Å². The van der Waals surface area contributed by atoms with E-state index in [0.29, 0.717) is 5.90 Å². The fraction of sp³-hybridized carbons (Fsp3) is 0.0851. The van der Waals surface area contributed by atoms with Crippen LogP contribution in [0.1, 0.15) is 41.1 Å². The molecule has 0 bridgehead atoms. The molecule has 0 saturated heterocycles. The molecule has 2 aliphatic carbocycles. The van der Waals surface area contributed by atoms with E-state index in [1.54, 1.807) is 0 Å². The third-order valence-corrected chi connectivity index (χ3v) is 9.90. The number of aliphatic imine (C=N–C) groups is 1. The lowest BCUT2D eigenvalue weighted by Gasteiger charge is -2.37. The summed E-state index contributed by atoms with van der Waals surface area (Å²) in [5.41, 5.74) is 14.1. The van der Waals surface area contributed by atoms with Crippen molar-refractivity contribution in [3.05, 3.63) is 210 Å². The maximum Gasteiger partial charge on any atom is 0.217 e. The van der Waals surface area contributed by atoms with Crippen molar-refractivity contribution in [2.24, 2.45) is 4.99 Å². The Kier molecular flexibility index (Phi) is 7.79. The molecule has 0 fully saturated rings. The topological polar surface area (TPSA) is 24.8 Å². The van der Waals surface area contributed by atoms with Crippen molar-refractivity contribution in [1.82, 2.24) is 0 Å². The van der Waals surface area contributed by atoms with Crippen molar-refractivity contribution < 1.29 is 4.74 Å². The zero-order chi connectivity index (χ0) is 33.3. The Bertz CT molecular complexity index is 2270. The molecule has 6 aromatic rings. The van der Waals surface area contributed by atoms with Gasteiger partial charge in [0.1, 0.15) is 12.1 Å². The molecule has 0 spiro atoms. The minimum absolute atomic E-state index is 0.116. The van der Waals surface area contributed by atoms with Gasteiger partial charge < -0.3 is 9.64 Å². The standard InChI is InChI=1S/C47H36N2O/c1-4-14-33(15-5-1)35-24-26-38(27-25-35)47-48-46-42-22-11-10-21-41(42)44(32-45(46)50-47)49(39-30-28-36(29-31-39)34-16-6-2-7-17-34)43-23-13-12-20-40(43)37-18-8-3-9-19-37/h1-12,14-22,24-32,45-46H,13,23H2. The molecule has 6 aromatic carbocycles. The molecule has 0 aromatic heterocycles. The van der Waals surface area contributed by atoms with E-state index in [-0.39, 0.29) is 12.1 Å². The molecule has 9 rings (SSSR count). The van der Waals surface area contributed by atoms with Crippen LogP contribution in [0.5, 0.6) is 0 Å². The minimum atomic E-state index is -0.227. The third-order valence-electron chi connectivity index (χ3n) is 9.90. The highest BCUT2D eigenvalue weighted by Crippen LogP contribution is 2.46. The second-order valence-electron chi connectivity index (χ2n) is 13.0. The molecular formula is C47H36N2O. The van der Waals surface area contributed by atoms with Gasteiger partial charge in [-0.05, 0) is 76.6 Å². The molecule has 0 amide bonds. The summed E-state index contributed by atoms with van der Waals surface area (Å²) in [6, 6.07) is 58.0. The fourth-order valence-corrected chi connectivity index (χ4v) is 7.44. The number of benzene rings is 6. The maximum atomic E-state index is 6.76. The Morgan fingerprint density at radius 3 is 1.74 bits per heavy atom. The lowest BCUT2D eigenvalue weighted by molar-refractivity contribution is 0.241. The molecule has 240 valence electrons. The minimum Gasteiger partial charge on any atom is -0.467 e. The number of allylic oxidation sites excluding steroid dienone is 4. The van der Waals surface area contributed by atoms with E-state index in [1.807, 2.05) is 6.07 Å². The molecule has 2 atom stereocenters. The van der Waals surface area contributed by atoms with Crippen LogP contribution in [0.3, 0.4) is 0 Å².